The van der Waals surface area contributed by atoms with Crippen molar-refractivity contribution in [1.82, 2.24) is 20.2 Å². The van der Waals surface area contributed by atoms with E-state index in [4.69, 9.17) is 4.98 Å². The highest BCUT2D eigenvalue weighted by Gasteiger charge is 2.51. The molecule has 1 aliphatic carbocycles. The summed E-state index contributed by atoms with van der Waals surface area (Å²) in [6.07, 6.45) is 5.57. The Bertz CT molecular complexity index is 1220. The maximum atomic E-state index is 12.6. The SMILES string of the molecule is CC(C)N(c1nc(Nc2ccc(N3CCC4(CC3)CC4C)cc2)c2c(=O)[nH]ncc2n1)C(C)C. The zero-order chi connectivity index (χ0) is 24.0. The molecule has 1 aliphatic heterocycles. The quantitative estimate of drug-likeness (QED) is 0.550. The summed E-state index contributed by atoms with van der Waals surface area (Å²) in [5, 5.41) is 10.3. The number of H-pyrrole nitrogens is 1. The van der Waals surface area contributed by atoms with Crippen molar-refractivity contribution in [2.24, 2.45) is 11.3 Å². The fourth-order valence-corrected chi connectivity index (χ4v) is 5.61. The third-order valence-electron chi connectivity index (χ3n) is 7.70. The summed E-state index contributed by atoms with van der Waals surface area (Å²) in [5.74, 6) is 1.97. The summed E-state index contributed by atoms with van der Waals surface area (Å²) in [6.45, 7) is 13.1. The molecule has 2 N–H and O–H groups in total. The summed E-state index contributed by atoms with van der Waals surface area (Å²) in [7, 11) is 0. The van der Waals surface area contributed by atoms with Crippen molar-refractivity contribution in [3.8, 4) is 0 Å². The van der Waals surface area contributed by atoms with Crippen LogP contribution in [0.5, 0.6) is 0 Å². The molecule has 34 heavy (non-hydrogen) atoms. The van der Waals surface area contributed by atoms with Crippen LogP contribution in [0.2, 0.25) is 0 Å². The van der Waals surface area contributed by atoms with Gasteiger partial charge in [-0.3, -0.25) is 4.79 Å². The number of hydrogen-bond donors (Lipinski definition) is 2. The second kappa shape index (κ2) is 8.56. The monoisotopic (exact) mass is 461 g/mol. The molecule has 2 fully saturated rings. The molecule has 2 aromatic heterocycles. The molecule has 1 atom stereocenters. The molecule has 0 amide bonds. The van der Waals surface area contributed by atoms with Gasteiger partial charge in [-0.05, 0) is 82.6 Å². The van der Waals surface area contributed by atoms with Crippen LogP contribution >= 0.6 is 0 Å². The number of hydrogen-bond acceptors (Lipinski definition) is 7. The van der Waals surface area contributed by atoms with Gasteiger partial charge in [-0.15, -0.1) is 0 Å². The fourth-order valence-electron chi connectivity index (χ4n) is 5.61. The Balaban J connectivity index is 1.42. The first kappa shape index (κ1) is 22.6. The molecular weight excluding hydrogens is 426 g/mol. The van der Waals surface area contributed by atoms with Crippen LogP contribution in [0.15, 0.2) is 35.3 Å². The van der Waals surface area contributed by atoms with E-state index in [9.17, 15) is 4.79 Å². The molecule has 1 saturated carbocycles. The van der Waals surface area contributed by atoms with Gasteiger partial charge in [0.25, 0.3) is 5.56 Å². The van der Waals surface area contributed by atoms with Gasteiger partial charge in [-0.25, -0.2) is 10.1 Å². The predicted molar refractivity (Wildman–Crippen MR) is 138 cm³/mol. The van der Waals surface area contributed by atoms with E-state index < -0.39 is 0 Å². The number of benzene rings is 1. The molecule has 0 bridgehead atoms. The number of nitrogens with zero attached hydrogens (tertiary/aromatic N) is 5. The first-order valence-electron chi connectivity index (χ1n) is 12.4. The van der Waals surface area contributed by atoms with Gasteiger partial charge < -0.3 is 15.1 Å². The molecule has 1 spiro atoms. The van der Waals surface area contributed by atoms with E-state index in [-0.39, 0.29) is 17.6 Å². The van der Waals surface area contributed by atoms with Gasteiger partial charge in [0.1, 0.15) is 16.7 Å². The Kier molecular flexibility index (Phi) is 5.70. The molecule has 1 aromatic carbocycles. The minimum absolute atomic E-state index is 0.210. The van der Waals surface area contributed by atoms with Crippen molar-refractivity contribution in [3.05, 3.63) is 40.8 Å². The standard InChI is InChI=1S/C26H35N7O/c1-16(2)33(17(3)4)25-29-21-15-27-31-24(34)22(21)23(30-25)28-19-6-8-20(9-7-19)32-12-10-26(11-13-32)14-18(26)5/h6-9,15-18H,10-14H2,1-5H3,(H,31,34)(H,28,29,30). The van der Waals surface area contributed by atoms with E-state index >= 15 is 0 Å². The molecule has 3 heterocycles. The number of aromatic amines is 1. The Morgan fingerprint density at radius 3 is 2.32 bits per heavy atom. The Labute approximate surface area is 200 Å². The zero-order valence-corrected chi connectivity index (χ0v) is 20.8. The smallest absolute Gasteiger partial charge is 0.277 e. The zero-order valence-electron chi connectivity index (χ0n) is 20.8. The lowest BCUT2D eigenvalue weighted by Crippen LogP contribution is -2.38. The largest absolute Gasteiger partial charge is 0.371 e. The molecule has 3 aromatic rings. The van der Waals surface area contributed by atoms with Crippen molar-refractivity contribution in [2.45, 2.75) is 66.0 Å². The summed E-state index contributed by atoms with van der Waals surface area (Å²) < 4.78 is 0. The number of rotatable bonds is 6. The van der Waals surface area contributed by atoms with Crippen LogP contribution in [0.4, 0.5) is 23.1 Å². The van der Waals surface area contributed by atoms with E-state index in [0.717, 1.165) is 24.7 Å². The molecular formula is C26H35N7O. The van der Waals surface area contributed by atoms with Crippen LogP contribution in [0.25, 0.3) is 10.9 Å². The van der Waals surface area contributed by atoms with Gasteiger partial charge in [-0.2, -0.15) is 10.1 Å². The molecule has 1 saturated heterocycles. The number of anilines is 4. The third-order valence-corrected chi connectivity index (χ3v) is 7.70. The molecule has 180 valence electrons. The number of fused-ring (bicyclic) bond motifs is 1. The topological polar surface area (TPSA) is 90.0 Å². The van der Waals surface area contributed by atoms with E-state index in [2.05, 4.69) is 89.2 Å². The predicted octanol–water partition coefficient (Wildman–Crippen LogP) is 4.71. The molecule has 5 rings (SSSR count). The highest BCUT2D eigenvalue weighted by Crippen LogP contribution is 2.59. The summed E-state index contributed by atoms with van der Waals surface area (Å²) in [5.41, 5.74) is 2.98. The van der Waals surface area contributed by atoms with Gasteiger partial charge in [0.05, 0.1) is 6.20 Å². The summed E-state index contributed by atoms with van der Waals surface area (Å²) in [4.78, 5) is 26.7. The number of aromatic nitrogens is 4. The maximum Gasteiger partial charge on any atom is 0.277 e. The number of piperidine rings is 1. The van der Waals surface area contributed by atoms with Crippen LogP contribution < -0.4 is 20.7 Å². The number of nitrogens with one attached hydrogen (secondary N) is 2. The average molecular weight is 462 g/mol. The maximum absolute atomic E-state index is 12.6. The van der Waals surface area contributed by atoms with Crippen molar-refractivity contribution >= 4 is 34.0 Å². The van der Waals surface area contributed by atoms with Gasteiger partial charge in [0.2, 0.25) is 5.95 Å². The van der Waals surface area contributed by atoms with Gasteiger partial charge in [0, 0.05) is 36.5 Å². The van der Waals surface area contributed by atoms with Gasteiger partial charge in [0.15, 0.2) is 0 Å². The van der Waals surface area contributed by atoms with Crippen LogP contribution in [-0.2, 0) is 0 Å². The molecule has 8 heteroatoms. The second-order valence-electron chi connectivity index (χ2n) is 10.6. The van der Waals surface area contributed by atoms with Crippen LogP contribution in [0.3, 0.4) is 0 Å². The van der Waals surface area contributed by atoms with Crippen LogP contribution in [0.1, 0.15) is 53.9 Å². The highest BCUT2D eigenvalue weighted by molar-refractivity contribution is 5.90. The second-order valence-corrected chi connectivity index (χ2v) is 10.6. The Morgan fingerprint density at radius 2 is 1.74 bits per heavy atom. The Morgan fingerprint density at radius 1 is 1.09 bits per heavy atom. The molecule has 0 radical (unpaired) electrons. The third kappa shape index (κ3) is 4.10. The lowest BCUT2D eigenvalue weighted by atomic mass is 9.91. The molecule has 2 aliphatic rings. The fraction of sp³-hybridized carbons (Fsp3) is 0.538. The van der Waals surface area contributed by atoms with Crippen LogP contribution in [0, 0.1) is 11.3 Å². The minimum Gasteiger partial charge on any atom is -0.371 e. The van der Waals surface area contributed by atoms with Crippen molar-refractivity contribution in [2.75, 3.05) is 28.2 Å². The lowest BCUT2D eigenvalue weighted by Gasteiger charge is -2.34. The first-order chi connectivity index (χ1) is 16.3. The summed E-state index contributed by atoms with van der Waals surface area (Å²) in [6, 6.07) is 8.85. The normalized spacial score (nSPS) is 19.3. The van der Waals surface area contributed by atoms with E-state index in [1.165, 1.54) is 24.9 Å². The Hall–Kier alpha value is -3.16. The lowest BCUT2D eigenvalue weighted by molar-refractivity contribution is 0.356. The van der Waals surface area contributed by atoms with Gasteiger partial charge >= 0.3 is 0 Å². The van der Waals surface area contributed by atoms with Crippen molar-refractivity contribution in [3.63, 3.8) is 0 Å². The highest BCUT2D eigenvalue weighted by atomic mass is 16.1. The van der Waals surface area contributed by atoms with E-state index in [1.807, 2.05) is 0 Å². The molecule has 1 unspecified atom stereocenters. The van der Waals surface area contributed by atoms with Gasteiger partial charge in [-0.1, -0.05) is 6.92 Å². The van der Waals surface area contributed by atoms with E-state index in [0.29, 0.717) is 28.1 Å². The molecule has 8 nitrogen and oxygen atoms in total. The first-order valence-corrected chi connectivity index (χ1v) is 12.4. The van der Waals surface area contributed by atoms with Crippen LogP contribution in [-0.4, -0.2) is 45.3 Å². The summed E-state index contributed by atoms with van der Waals surface area (Å²) >= 11 is 0. The van der Waals surface area contributed by atoms with Crippen molar-refractivity contribution < 1.29 is 0 Å². The minimum atomic E-state index is -0.305. The van der Waals surface area contributed by atoms with Crippen molar-refractivity contribution in [1.29, 1.82) is 0 Å². The average Bonchev–Trinajstić information content (AvgIpc) is 3.42. The van der Waals surface area contributed by atoms with E-state index in [1.54, 1.807) is 6.20 Å².